The molecular formula is C79H76Cl3N11O3. The van der Waals surface area contributed by atoms with Gasteiger partial charge in [0.2, 0.25) is 0 Å². The lowest BCUT2D eigenvalue weighted by molar-refractivity contribution is 0.414. The molecule has 14 aromatic rings. The number of benzene rings is 8. The number of ether oxygens (including phenoxy) is 3. The summed E-state index contributed by atoms with van der Waals surface area (Å²) in [4.78, 5) is 29.3. The first kappa shape index (κ1) is 68.4. The number of H-pyrrole nitrogens is 1. The van der Waals surface area contributed by atoms with E-state index in [9.17, 15) is 0 Å². The third-order valence-electron chi connectivity index (χ3n) is 16.1. The van der Waals surface area contributed by atoms with Gasteiger partial charge in [-0.05, 0) is 219 Å². The van der Waals surface area contributed by atoms with Gasteiger partial charge in [0.05, 0.1) is 66.3 Å². The Labute approximate surface area is 575 Å². The summed E-state index contributed by atoms with van der Waals surface area (Å²) in [6.07, 6.45) is 4.59. The summed E-state index contributed by atoms with van der Waals surface area (Å²) in [7, 11) is 5.00. The van der Waals surface area contributed by atoms with Crippen molar-refractivity contribution in [2.75, 3.05) is 32.4 Å². The first-order valence-corrected chi connectivity index (χ1v) is 32.5. The molecule has 8 aromatic carbocycles. The molecule has 3 atom stereocenters. The summed E-state index contributed by atoms with van der Waals surface area (Å²) in [6, 6.07) is 73.7. The summed E-state index contributed by atoms with van der Waals surface area (Å²) in [5, 5.41) is 7.24. The molecule has 486 valence electrons. The fourth-order valence-corrected chi connectivity index (χ4v) is 11.9. The molecule has 0 aliphatic rings. The van der Waals surface area contributed by atoms with E-state index >= 15 is 0 Å². The zero-order chi connectivity index (χ0) is 67.8. The Morgan fingerprint density at radius 1 is 0.427 bits per heavy atom. The molecule has 96 heavy (non-hydrogen) atoms. The predicted octanol–water partition coefficient (Wildman–Crippen LogP) is 20.6. The zero-order valence-electron chi connectivity index (χ0n) is 55.3. The number of aromatic amines is 1. The quantitative estimate of drug-likeness (QED) is 0.0571. The van der Waals surface area contributed by atoms with E-state index in [1.165, 1.54) is 51.6 Å². The van der Waals surface area contributed by atoms with E-state index in [0.717, 1.165) is 101 Å². The maximum atomic E-state index is 6.34. The van der Waals surface area contributed by atoms with Crippen LogP contribution < -0.4 is 25.3 Å². The van der Waals surface area contributed by atoms with Gasteiger partial charge in [-0.3, -0.25) is 0 Å². The van der Waals surface area contributed by atoms with Gasteiger partial charge in [-0.2, -0.15) is 0 Å². The number of aryl methyl sites for hydroxylation is 4. The van der Waals surface area contributed by atoms with Gasteiger partial charge in [0, 0.05) is 17.1 Å². The highest BCUT2D eigenvalue weighted by Crippen LogP contribution is 2.39. The van der Waals surface area contributed by atoms with Gasteiger partial charge >= 0.3 is 0 Å². The lowest BCUT2D eigenvalue weighted by atomic mass is 10.1. The van der Waals surface area contributed by atoms with E-state index in [0.29, 0.717) is 10.3 Å². The van der Waals surface area contributed by atoms with Crippen LogP contribution in [0.3, 0.4) is 0 Å². The van der Waals surface area contributed by atoms with Gasteiger partial charge < -0.3 is 39.4 Å². The second kappa shape index (κ2) is 32.1. The van der Waals surface area contributed by atoms with Crippen LogP contribution in [-0.2, 0) is 0 Å². The van der Waals surface area contributed by atoms with Crippen molar-refractivity contribution in [3.8, 4) is 51.0 Å². The van der Waals surface area contributed by atoms with Gasteiger partial charge in [0.25, 0.3) is 0 Å². The Bertz CT molecular complexity index is 4760. The number of nitrogens with two attached hydrogens (primary N) is 1. The van der Waals surface area contributed by atoms with Crippen LogP contribution in [0.5, 0.6) is 17.2 Å². The van der Waals surface area contributed by atoms with Crippen LogP contribution in [0, 0.1) is 27.7 Å². The van der Waals surface area contributed by atoms with E-state index in [1.807, 2.05) is 154 Å². The number of rotatable bonds is 13. The second-order valence-electron chi connectivity index (χ2n) is 23.1. The highest BCUT2D eigenvalue weighted by molar-refractivity contribution is 6.34. The molecule has 0 aliphatic heterocycles. The van der Waals surface area contributed by atoms with Crippen molar-refractivity contribution in [3.05, 3.63) is 287 Å². The molecule has 0 amide bonds. The summed E-state index contributed by atoms with van der Waals surface area (Å²) >= 11 is 18.2. The van der Waals surface area contributed by atoms with E-state index in [1.54, 1.807) is 27.7 Å². The van der Waals surface area contributed by atoms with Gasteiger partial charge in [-0.15, -0.1) is 11.6 Å². The van der Waals surface area contributed by atoms with Crippen LogP contribution in [0.4, 0.5) is 17.2 Å². The Kier molecular flexibility index (Phi) is 22.8. The van der Waals surface area contributed by atoms with Crippen molar-refractivity contribution in [1.82, 2.24) is 44.0 Å². The second-order valence-corrected chi connectivity index (χ2v) is 24.4. The molecule has 0 aliphatic carbocycles. The molecule has 0 saturated heterocycles. The van der Waals surface area contributed by atoms with Crippen molar-refractivity contribution in [3.63, 3.8) is 0 Å². The minimum absolute atomic E-state index is 0.0831. The van der Waals surface area contributed by atoms with Gasteiger partial charge in [-0.25, -0.2) is 29.9 Å². The predicted molar refractivity (Wildman–Crippen MR) is 396 cm³/mol. The number of hydrogen-bond donors (Lipinski definition) is 3. The van der Waals surface area contributed by atoms with Crippen molar-refractivity contribution < 1.29 is 14.2 Å². The molecule has 6 heterocycles. The molecule has 0 saturated carbocycles. The number of fused-ring (bicyclic) bond motifs is 3. The largest absolute Gasteiger partial charge is 0.497 e. The van der Waals surface area contributed by atoms with Gasteiger partial charge in [0.1, 0.15) is 69.3 Å². The molecule has 6 aromatic heterocycles. The lowest BCUT2D eigenvalue weighted by Gasteiger charge is -2.19. The molecular weight excluding hydrogens is 1260 g/mol. The number of anilines is 3. The Morgan fingerprint density at radius 3 is 1.25 bits per heavy atom. The summed E-state index contributed by atoms with van der Waals surface area (Å²) in [6.45, 7) is 14.6. The number of nitrogen functional groups attached to an aromatic ring is 1. The average molecular weight is 1330 g/mol. The van der Waals surface area contributed by atoms with Crippen LogP contribution in [0.25, 0.3) is 66.9 Å². The van der Waals surface area contributed by atoms with Crippen LogP contribution in [0.15, 0.2) is 237 Å². The number of nitrogens with one attached hydrogen (secondary N) is 2. The van der Waals surface area contributed by atoms with E-state index < -0.39 is 0 Å². The number of alkyl halides is 1. The topological polar surface area (TPSA) is 169 Å². The SMILES string of the molecule is CC(Cl)c1ccccc1.COc1ccc(-c2cc3c(Cl)ncnc3[nH]2)cc1.COc1ccc(-c2cc3c(Cl)ncnc3n2C(C)c2ccccc2)cc1.COc1ccc(-c2cc3c(Nc4cc(C)cc(C)c4)ncnc3n2C(C)c2ccccc2)cc1.Cc1cc(C)cc(N)c1. The summed E-state index contributed by atoms with van der Waals surface area (Å²) in [5.74, 6) is 3.28. The van der Waals surface area contributed by atoms with Crippen molar-refractivity contribution in [1.29, 1.82) is 0 Å². The van der Waals surface area contributed by atoms with Gasteiger partial charge in [-0.1, -0.05) is 126 Å². The summed E-state index contributed by atoms with van der Waals surface area (Å²) in [5.41, 5.74) is 24.7. The van der Waals surface area contributed by atoms with E-state index in [4.69, 9.17) is 59.7 Å². The van der Waals surface area contributed by atoms with Crippen LogP contribution >= 0.6 is 34.8 Å². The smallest absolute Gasteiger partial charge is 0.146 e. The molecule has 0 radical (unpaired) electrons. The Balaban J connectivity index is 0.000000142. The van der Waals surface area contributed by atoms with Crippen LogP contribution in [0.2, 0.25) is 10.3 Å². The minimum Gasteiger partial charge on any atom is -0.497 e. The average Bonchev–Trinajstić information content (AvgIpc) is 1.62. The lowest BCUT2D eigenvalue weighted by Crippen LogP contribution is -2.09. The minimum atomic E-state index is 0.0831. The van der Waals surface area contributed by atoms with Crippen molar-refractivity contribution >= 4 is 85.1 Å². The number of hydrogen-bond acceptors (Lipinski definition) is 11. The van der Waals surface area contributed by atoms with E-state index in [2.05, 4.69) is 157 Å². The number of halogens is 3. The maximum Gasteiger partial charge on any atom is 0.146 e. The number of aromatic nitrogens is 9. The Morgan fingerprint density at radius 2 is 0.823 bits per heavy atom. The highest BCUT2D eigenvalue weighted by Gasteiger charge is 2.23. The van der Waals surface area contributed by atoms with Crippen molar-refractivity contribution in [2.24, 2.45) is 0 Å². The molecule has 0 fully saturated rings. The third kappa shape index (κ3) is 16.9. The first-order chi connectivity index (χ1) is 46.5. The van der Waals surface area contributed by atoms with Crippen molar-refractivity contribution in [2.45, 2.75) is 65.9 Å². The van der Waals surface area contributed by atoms with Crippen LogP contribution in [-0.4, -0.2) is 65.4 Å². The monoisotopic (exact) mass is 1330 g/mol. The number of nitrogens with zero attached hydrogens (tertiary/aromatic N) is 8. The highest BCUT2D eigenvalue weighted by atomic mass is 35.5. The number of methoxy groups -OCH3 is 3. The third-order valence-corrected chi connectivity index (χ3v) is 16.9. The fourth-order valence-electron chi connectivity index (χ4n) is 11.4. The summed E-state index contributed by atoms with van der Waals surface area (Å²) < 4.78 is 20.3. The molecule has 14 nitrogen and oxygen atoms in total. The molecule has 17 heteroatoms. The molecule has 0 bridgehead atoms. The van der Waals surface area contributed by atoms with Crippen LogP contribution in [0.1, 0.15) is 77.2 Å². The zero-order valence-corrected chi connectivity index (χ0v) is 57.5. The Hall–Kier alpha value is -10.5. The van der Waals surface area contributed by atoms with E-state index in [-0.39, 0.29) is 17.5 Å². The molecule has 4 N–H and O–H groups in total. The standard InChI is InChI=1S/C29H28N4O.C21H18ClN3O.C13H10ClN3O.C8H9Cl.C8H11N/c1-19-14-20(2)16-24(15-19)32-28-26-17-27(23-10-12-25(34-4)13-11-23)33(29(26)31-18-30-28)21(3)22-8-6-5-7-9-22;1-14(15-6-4-3-5-7-15)25-19(16-8-10-17(26-2)11-9-16)12-18-20(22)23-13-24-21(18)25;1-18-9-4-2-8(3-5-9)11-6-10-12(14)15-7-16-13(10)17-11;1-7(9)8-5-3-2-4-6-8;1-6-3-7(2)5-8(9)4-6/h5-18,21H,1-4H3,(H,30,31,32);3-14H,1-2H3;2-7H,1H3,(H,15,16,17);2-7H,1H3;3-5H,9H2,1-2H3. The first-order valence-electron chi connectivity index (χ1n) is 31.3. The maximum absolute atomic E-state index is 6.34. The fraction of sp³-hybridized carbons (Fsp3) is 0.165. The normalized spacial score (nSPS) is 11.7. The molecule has 3 unspecified atom stereocenters. The van der Waals surface area contributed by atoms with Gasteiger partial charge in [0.15, 0.2) is 0 Å². The molecule has 14 rings (SSSR count). The molecule has 0 spiro atoms.